The molecule has 1 amide bonds. The van der Waals surface area contributed by atoms with Crippen molar-refractivity contribution < 1.29 is 19.4 Å². The molecule has 2 N–H and O–H groups in total. The van der Waals surface area contributed by atoms with E-state index in [0.29, 0.717) is 5.52 Å². The Morgan fingerprint density at radius 3 is 3.00 bits per heavy atom. The molecule has 0 aliphatic heterocycles. The summed E-state index contributed by atoms with van der Waals surface area (Å²) in [5, 5.41) is 15.2. The highest BCUT2D eigenvalue weighted by Gasteiger charge is 2.14. The van der Waals surface area contributed by atoms with Crippen LogP contribution in [0.5, 0.6) is 0 Å². The van der Waals surface area contributed by atoms with Gasteiger partial charge >= 0.3 is 12.1 Å². The number of hydrogen-bond acceptors (Lipinski definition) is 5. The largest absolute Gasteiger partial charge is 0.477 e. The van der Waals surface area contributed by atoms with Crippen LogP contribution in [0.4, 0.5) is 10.6 Å². The van der Waals surface area contributed by atoms with E-state index in [1.165, 1.54) is 22.7 Å². The Labute approximate surface area is 107 Å². The number of carbonyl (C=O) groups is 2. The standard InChI is InChI=1S/C11H10N4O4/c1-2-5-19-11(18)14-9-7-3-4-8(10(16)17)15(7)13-6-12-9/h2-4,6H,1,5H2,(H,16,17)(H,12,13,14,18). The molecule has 0 aliphatic carbocycles. The van der Waals surface area contributed by atoms with Crippen molar-refractivity contribution in [3.63, 3.8) is 0 Å². The van der Waals surface area contributed by atoms with E-state index in [4.69, 9.17) is 9.84 Å². The number of carbonyl (C=O) groups excluding carboxylic acids is 1. The Morgan fingerprint density at radius 2 is 2.32 bits per heavy atom. The Balaban J connectivity index is 2.31. The molecule has 2 rings (SSSR count). The van der Waals surface area contributed by atoms with Crippen LogP contribution >= 0.6 is 0 Å². The molecule has 0 unspecified atom stereocenters. The van der Waals surface area contributed by atoms with Gasteiger partial charge in [-0.3, -0.25) is 5.32 Å². The molecule has 0 bridgehead atoms. The first-order valence-corrected chi connectivity index (χ1v) is 5.24. The molecule has 2 heterocycles. The van der Waals surface area contributed by atoms with E-state index < -0.39 is 12.1 Å². The fourth-order valence-electron chi connectivity index (χ4n) is 1.46. The van der Waals surface area contributed by atoms with Crippen LogP contribution in [0.2, 0.25) is 0 Å². The number of ether oxygens (including phenoxy) is 1. The Morgan fingerprint density at radius 1 is 1.53 bits per heavy atom. The fourth-order valence-corrected chi connectivity index (χ4v) is 1.46. The molecule has 0 aliphatic rings. The zero-order chi connectivity index (χ0) is 13.8. The van der Waals surface area contributed by atoms with Gasteiger partial charge in [0.05, 0.1) is 0 Å². The van der Waals surface area contributed by atoms with Gasteiger partial charge in [-0.2, -0.15) is 5.10 Å². The van der Waals surface area contributed by atoms with Crippen LogP contribution in [-0.2, 0) is 4.74 Å². The maximum absolute atomic E-state index is 11.4. The maximum atomic E-state index is 11.4. The monoisotopic (exact) mass is 262 g/mol. The second-order valence-corrected chi connectivity index (χ2v) is 3.44. The number of nitrogens with one attached hydrogen (secondary N) is 1. The van der Waals surface area contributed by atoms with E-state index >= 15 is 0 Å². The number of fused-ring (bicyclic) bond motifs is 1. The molecular weight excluding hydrogens is 252 g/mol. The molecule has 0 atom stereocenters. The topological polar surface area (TPSA) is 106 Å². The number of amides is 1. The minimum atomic E-state index is -1.13. The van der Waals surface area contributed by atoms with Crippen molar-refractivity contribution in [3.05, 3.63) is 36.8 Å². The quantitative estimate of drug-likeness (QED) is 0.801. The van der Waals surface area contributed by atoms with E-state index in [0.717, 1.165) is 6.33 Å². The van der Waals surface area contributed by atoms with Crippen LogP contribution < -0.4 is 5.32 Å². The average Bonchev–Trinajstić information content (AvgIpc) is 2.81. The summed E-state index contributed by atoms with van der Waals surface area (Å²) in [6, 6.07) is 2.86. The number of rotatable bonds is 4. The first-order chi connectivity index (χ1) is 9.13. The molecule has 0 spiro atoms. The zero-order valence-electron chi connectivity index (χ0n) is 9.74. The molecule has 2 aromatic rings. The van der Waals surface area contributed by atoms with E-state index in [1.54, 1.807) is 0 Å². The summed E-state index contributed by atoms with van der Waals surface area (Å²) >= 11 is 0. The third-order valence-electron chi connectivity index (χ3n) is 2.22. The summed E-state index contributed by atoms with van der Waals surface area (Å²) in [7, 11) is 0. The smallest absolute Gasteiger partial charge is 0.413 e. The van der Waals surface area contributed by atoms with Crippen LogP contribution in [-0.4, -0.2) is 38.4 Å². The van der Waals surface area contributed by atoms with Gasteiger partial charge in [-0.15, -0.1) is 0 Å². The van der Waals surface area contributed by atoms with Gasteiger partial charge in [0.1, 0.15) is 18.5 Å². The van der Waals surface area contributed by atoms with Crippen molar-refractivity contribution >= 4 is 23.4 Å². The minimum absolute atomic E-state index is 0.0279. The molecule has 0 saturated heterocycles. The summed E-state index contributed by atoms with van der Waals surface area (Å²) in [6.07, 6.45) is 1.86. The van der Waals surface area contributed by atoms with Gasteiger partial charge in [0.15, 0.2) is 11.5 Å². The normalized spacial score (nSPS) is 10.1. The highest BCUT2D eigenvalue weighted by molar-refractivity contribution is 5.92. The van der Waals surface area contributed by atoms with Gasteiger partial charge < -0.3 is 9.84 Å². The van der Waals surface area contributed by atoms with E-state index in [-0.39, 0.29) is 18.1 Å². The van der Waals surface area contributed by atoms with Gasteiger partial charge in [0, 0.05) is 0 Å². The molecule has 8 nitrogen and oxygen atoms in total. The van der Waals surface area contributed by atoms with Crippen molar-refractivity contribution in [1.82, 2.24) is 14.6 Å². The van der Waals surface area contributed by atoms with Gasteiger partial charge in [-0.1, -0.05) is 12.7 Å². The van der Waals surface area contributed by atoms with Gasteiger partial charge in [-0.05, 0) is 12.1 Å². The van der Waals surface area contributed by atoms with Crippen LogP contribution in [0.3, 0.4) is 0 Å². The van der Waals surface area contributed by atoms with Crippen molar-refractivity contribution in [2.75, 3.05) is 11.9 Å². The second-order valence-electron chi connectivity index (χ2n) is 3.44. The minimum Gasteiger partial charge on any atom is -0.477 e. The fraction of sp³-hybridized carbons (Fsp3) is 0.0909. The van der Waals surface area contributed by atoms with E-state index in [2.05, 4.69) is 22.0 Å². The van der Waals surface area contributed by atoms with Crippen molar-refractivity contribution in [2.45, 2.75) is 0 Å². The predicted molar refractivity (Wildman–Crippen MR) is 65.1 cm³/mol. The lowest BCUT2D eigenvalue weighted by Crippen LogP contribution is -2.16. The zero-order valence-corrected chi connectivity index (χ0v) is 9.74. The lowest BCUT2D eigenvalue weighted by atomic mass is 10.4. The third kappa shape index (κ3) is 2.51. The molecule has 8 heteroatoms. The summed E-state index contributed by atoms with van der Waals surface area (Å²) in [6.45, 7) is 3.48. The maximum Gasteiger partial charge on any atom is 0.413 e. The Hall–Kier alpha value is -2.90. The Kier molecular flexibility index (Phi) is 3.42. The van der Waals surface area contributed by atoms with Crippen LogP contribution in [0.15, 0.2) is 31.1 Å². The summed E-state index contributed by atoms with van der Waals surface area (Å²) in [4.78, 5) is 26.2. The number of carboxylic acids is 1. The first-order valence-electron chi connectivity index (χ1n) is 5.24. The predicted octanol–water partition coefficient (Wildman–Crippen LogP) is 1.16. The van der Waals surface area contributed by atoms with Crippen LogP contribution in [0.1, 0.15) is 10.5 Å². The third-order valence-corrected chi connectivity index (χ3v) is 2.22. The molecule has 19 heavy (non-hydrogen) atoms. The highest BCUT2D eigenvalue weighted by atomic mass is 16.5. The van der Waals surface area contributed by atoms with E-state index in [9.17, 15) is 9.59 Å². The van der Waals surface area contributed by atoms with Crippen LogP contribution in [0, 0.1) is 0 Å². The highest BCUT2D eigenvalue weighted by Crippen LogP contribution is 2.16. The number of aromatic carboxylic acids is 1. The van der Waals surface area contributed by atoms with Gasteiger partial charge in [-0.25, -0.2) is 19.1 Å². The number of anilines is 1. The summed E-state index contributed by atoms with van der Waals surface area (Å²) in [5.41, 5.74) is 0.329. The molecule has 2 aromatic heterocycles. The molecule has 0 radical (unpaired) electrons. The molecular formula is C11H10N4O4. The lowest BCUT2D eigenvalue weighted by molar-refractivity contribution is 0.0688. The summed E-state index contributed by atoms with van der Waals surface area (Å²) in [5.74, 6) is -0.963. The number of carboxylic acid groups (broad SMARTS) is 1. The van der Waals surface area contributed by atoms with Crippen molar-refractivity contribution in [3.8, 4) is 0 Å². The number of aromatic nitrogens is 3. The number of nitrogens with zero attached hydrogens (tertiary/aromatic N) is 3. The Bertz CT molecular complexity index is 649. The van der Waals surface area contributed by atoms with Crippen molar-refractivity contribution in [2.24, 2.45) is 0 Å². The number of hydrogen-bond donors (Lipinski definition) is 2. The molecule has 0 saturated carbocycles. The second kappa shape index (κ2) is 5.17. The van der Waals surface area contributed by atoms with Gasteiger partial charge in [0.25, 0.3) is 0 Å². The molecule has 98 valence electrons. The van der Waals surface area contributed by atoms with Crippen LogP contribution in [0.25, 0.3) is 5.52 Å². The van der Waals surface area contributed by atoms with E-state index in [1.807, 2.05) is 0 Å². The molecule has 0 aromatic carbocycles. The average molecular weight is 262 g/mol. The van der Waals surface area contributed by atoms with Crippen molar-refractivity contribution in [1.29, 1.82) is 0 Å². The first kappa shape index (κ1) is 12.6. The lowest BCUT2D eigenvalue weighted by Gasteiger charge is -2.05. The molecule has 0 fully saturated rings. The summed E-state index contributed by atoms with van der Waals surface area (Å²) < 4.78 is 5.91. The SMILES string of the molecule is C=CCOC(=O)Nc1ncnn2c(C(=O)O)ccc12. The van der Waals surface area contributed by atoms with Gasteiger partial charge in [0.2, 0.25) is 0 Å².